The summed E-state index contributed by atoms with van der Waals surface area (Å²) < 4.78 is 23.2. The monoisotopic (exact) mass is 239 g/mol. The van der Waals surface area contributed by atoms with Gasteiger partial charge in [0, 0.05) is 6.54 Å². The lowest BCUT2D eigenvalue weighted by Gasteiger charge is -2.09. The van der Waals surface area contributed by atoms with Crippen molar-refractivity contribution in [1.29, 1.82) is 0 Å². The summed E-state index contributed by atoms with van der Waals surface area (Å²) in [5.41, 5.74) is 1.24. The molecule has 1 aromatic rings. The van der Waals surface area contributed by atoms with Gasteiger partial charge in [0.1, 0.15) is 0 Å². The van der Waals surface area contributed by atoms with Crippen LogP contribution in [0.4, 0.5) is 0 Å². The summed E-state index contributed by atoms with van der Waals surface area (Å²) in [5, 5.41) is 3.31. The van der Waals surface area contributed by atoms with Gasteiger partial charge in [-0.1, -0.05) is 19.1 Å². The molecule has 1 aromatic carbocycles. The molecule has 1 aliphatic rings. The molecule has 4 heteroatoms. The van der Waals surface area contributed by atoms with Gasteiger partial charge in [0.05, 0.1) is 10.6 Å². The predicted octanol–water partition coefficient (Wildman–Crippen LogP) is 1.56. The lowest BCUT2D eigenvalue weighted by molar-refractivity contribution is 0.597. The van der Waals surface area contributed by atoms with E-state index in [0.717, 1.165) is 19.5 Å². The average Bonchev–Trinajstić information content (AvgIpc) is 2.83. The first kappa shape index (κ1) is 11.6. The van der Waals surface area contributed by atoms with Gasteiger partial charge >= 0.3 is 0 Å². The van der Waals surface area contributed by atoms with Crippen molar-refractivity contribution >= 4 is 9.84 Å². The third-order valence-electron chi connectivity index (χ3n) is 3.15. The molecule has 0 saturated carbocycles. The zero-order valence-electron chi connectivity index (χ0n) is 9.44. The number of rotatable bonds is 3. The fourth-order valence-electron chi connectivity index (χ4n) is 2.05. The molecule has 1 atom stereocenters. The molecule has 1 heterocycles. The molecular weight excluding hydrogens is 222 g/mol. The van der Waals surface area contributed by atoms with Crippen LogP contribution in [0.5, 0.6) is 0 Å². The number of hydrogen-bond donors (Lipinski definition) is 1. The minimum atomic E-state index is -3.05. The van der Waals surface area contributed by atoms with E-state index in [1.165, 1.54) is 5.56 Å². The molecule has 1 fully saturated rings. The van der Waals surface area contributed by atoms with Crippen LogP contribution in [-0.4, -0.2) is 27.3 Å². The fraction of sp³-hybridized carbons (Fsp3) is 0.500. The smallest absolute Gasteiger partial charge is 0.178 e. The Hall–Kier alpha value is -0.870. The molecule has 0 aliphatic carbocycles. The van der Waals surface area contributed by atoms with Crippen molar-refractivity contribution in [2.24, 2.45) is 0 Å². The average molecular weight is 239 g/mol. The normalized spacial score (nSPS) is 21.2. The van der Waals surface area contributed by atoms with E-state index in [1.807, 2.05) is 12.1 Å². The quantitative estimate of drug-likeness (QED) is 0.870. The molecule has 0 radical (unpaired) electrons. The Labute approximate surface area is 96.8 Å². The zero-order chi connectivity index (χ0) is 11.6. The zero-order valence-corrected chi connectivity index (χ0v) is 10.3. The van der Waals surface area contributed by atoms with Gasteiger partial charge in [-0.2, -0.15) is 0 Å². The molecule has 16 heavy (non-hydrogen) atoms. The second-order valence-corrected chi connectivity index (χ2v) is 6.44. The van der Waals surface area contributed by atoms with Crippen molar-refractivity contribution in [2.75, 3.05) is 18.8 Å². The summed E-state index contributed by atoms with van der Waals surface area (Å²) in [6.07, 6.45) is 1.14. The Morgan fingerprint density at radius 2 is 2.00 bits per heavy atom. The van der Waals surface area contributed by atoms with E-state index in [4.69, 9.17) is 0 Å². The number of benzene rings is 1. The molecule has 1 N–H and O–H groups in total. The van der Waals surface area contributed by atoms with E-state index < -0.39 is 9.84 Å². The van der Waals surface area contributed by atoms with Crippen LogP contribution >= 0.6 is 0 Å². The van der Waals surface area contributed by atoms with Crippen molar-refractivity contribution < 1.29 is 8.42 Å². The highest BCUT2D eigenvalue weighted by Gasteiger charge is 2.17. The van der Waals surface area contributed by atoms with Gasteiger partial charge in [-0.05, 0) is 36.6 Å². The first-order chi connectivity index (χ1) is 7.63. The lowest BCUT2D eigenvalue weighted by Crippen LogP contribution is -2.08. The maximum absolute atomic E-state index is 11.6. The second kappa shape index (κ2) is 4.55. The van der Waals surface area contributed by atoms with E-state index in [2.05, 4.69) is 5.32 Å². The van der Waals surface area contributed by atoms with Gasteiger partial charge in [0.25, 0.3) is 0 Å². The van der Waals surface area contributed by atoms with Crippen LogP contribution in [0, 0.1) is 0 Å². The SMILES string of the molecule is CCS(=O)(=O)c1ccc(C2CCNC2)cc1. The molecule has 2 rings (SSSR count). The van der Waals surface area contributed by atoms with Crippen LogP contribution in [-0.2, 0) is 9.84 Å². The second-order valence-electron chi connectivity index (χ2n) is 4.16. The van der Waals surface area contributed by atoms with Crippen LogP contribution < -0.4 is 5.32 Å². The van der Waals surface area contributed by atoms with Crippen LogP contribution in [0.3, 0.4) is 0 Å². The highest BCUT2D eigenvalue weighted by molar-refractivity contribution is 7.91. The Morgan fingerprint density at radius 3 is 2.50 bits per heavy atom. The topological polar surface area (TPSA) is 46.2 Å². The third-order valence-corrected chi connectivity index (χ3v) is 4.90. The molecule has 1 aliphatic heterocycles. The van der Waals surface area contributed by atoms with E-state index in [-0.39, 0.29) is 5.75 Å². The minimum absolute atomic E-state index is 0.164. The number of nitrogens with one attached hydrogen (secondary N) is 1. The molecule has 0 aromatic heterocycles. The summed E-state index contributed by atoms with van der Waals surface area (Å²) in [6.45, 7) is 3.73. The molecule has 0 spiro atoms. The van der Waals surface area contributed by atoms with E-state index in [0.29, 0.717) is 10.8 Å². The largest absolute Gasteiger partial charge is 0.316 e. The number of sulfone groups is 1. The van der Waals surface area contributed by atoms with Crippen LogP contribution in [0.25, 0.3) is 0 Å². The van der Waals surface area contributed by atoms with E-state index >= 15 is 0 Å². The van der Waals surface area contributed by atoms with Crippen LogP contribution in [0.1, 0.15) is 24.8 Å². The molecule has 1 unspecified atom stereocenters. The van der Waals surface area contributed by atoms with Crippen LogP contribution in [0.2, 0.25) is 0 Å². The predicted molar refractivity (Wildman–Crippen MR) is 64.4 cm³/mol. The van der Waals surface area contributed by atoms with E-state index in [9.17, 15) is 8.42 Å². The van der Waals surface area contributed by atoms with Crippen molar-refractivity contribution in [3.05, 3.63) is 29.8 Å². The summed E-state index contributed by atoms with van der Waals surface area (Å²) in [5.74, 6) is 0.704. The Kier molecular flexibility index (Phi) is 3.30. The third kappa shape index (κ3) is 2.28. The van der Waals surface area contributed by atoms with Crippen molar-refractivity contribution in [1.82, 2.24) is 5.32 Å². The van der Waals surface area contributed by atoms with Gasteiger partial charge in [-0.15, -0.1) is 0 Å². The molecule has 88 valence electrons. The highest BCUT2D eigenvalue weighted by atomic mass is 32.2. The Balaban J connectivity index is 2.22. The molecule has 0 bridgehead atoms. The van der Waals surface area contributed by atoms with E-state index in [1.54, 1.807) is 19.1 Å². The van der Waals surface area contributed by atoms with Crippen molar-refractivity contribution in [3.63, 3.8) is 0 Å². The van der Waals surface area contributed by atoms with Crippen LogP contribution in [0.15, 0.2) is 29.2 Å². The minimum Gasteiger partial charge on any atom is -0.316 e. The van der Waals surface area contributed by atoms with Gasteiger partial charge < -0.3 is 5.32 Å². The number of hydrogen-bond acceptors (Lipinski definition) is 3. The van der Waals surface area contributed by atoms with Crippen molar-refractivity contribution in [2.45, 2.75) is 24.2 Å². The lowest BCUT2D eigenvalue weighted by atomic mass is 9.99. The summed E-state index contributed by atoms with van der Waals surface area (Å²) in [6, 6.07) is 7.35. The first-order valence-corrected chi connectivity index (χ1v) is 7.32. The highest BCUT2D eigenvalue weighted by Crippen LogP contribution is 2.23. The van der Waals surface area contributed by atoms with Crippen molar-refractivity contribution in [3.8, 4) is 0 Å². The van der Waals surface area contributed by atoms with Gasteiger partial charge in [0.2, 0.25) is 0 Å². The Morgan fingerprint density at radius 1 is 1.31 bits per heavy atom. The molecule has 0 amide bonds. The molecule has 1 saturated heterocycles. The molecule has 3 nitrogen and oxygen atoms in total. The fourth-order valence-corrected chi connectivity index (χ4v) is 2.94. The van der Waals surface area contributed by atoms with Gasteiger partial charge in [-0.3, -0.25) is 0 Å². The summed E-state index contributed by atoms with van der Waals surface area (Å²) in [4.78, 5) is 0.435. The Bertz CT molecular complexity index is 444. The van der Waals surface area contributed by atoms with Gasteiger partial charge in [-0.25, -0.2) is 8.42 Å². The summed E-state index contributed by atoms with van der Waals surface area (Å²) >= 11 is 0. The summed E-state index contributed by atoms with van der Waals surface area (Å²) in [7, 11) is -3.05. The standard InChI is InChI=1S/C12H17NO2S/c1-2-16(14,15)12-5-3-10(4-6-12)11-7-8-13-9-11/h3-6,11,13H,2,7-9H2,1H3. The maximum Gasteiger partial charge on any atom is 0.178 e. The maximum atomic E-state index is 11.6. The first-order valence-electron chi connectivity index (χ1n) is 5.67. The van der Waals surface area contributed by atoms with Gasteiger partial charge in [0.15, 0.2) is 9.84 Å². The molecular formula is C12H17NO2S.